The lowest BCUT2D eigenvalue weighted by molar-refractivity contribution is -0.390. The zero-order chi connectivity index (χ0) is 25.4. The molecule has 0 saturated heterocycles. The van der Waals surface area contributed by atoms with Crippen LogP contribution in [0.3, 0.4) is 0 Å². The molecule has 0 bridgehead atoms. The summed E-state index contributed by atoms with van der Waals surface area (Å²) in [4.78, 5) is 19.0. The third kappa shape index (κ3) is 4.79. The van der Waals surface area contributed by atoms with Crippen LogP contribution in [0.25, 0.3) is 5.69 Å². The van der Waals surface area contributed by atoms with Crippen LogP contribution in [-0.4, -0.2) is 29.2 Å². The Hall–Kier alpha value is -3.12. The van der Waals surface area contributed by atoms with Crippen LogP contribution >= 0.6 is 31.9 Å². The van der Waals surface area contributed by atoms with E-state index in [-0.39, 0.29) is 5.75 Å². The van der Waals surface area contributed by atoms with Crippen molar-refractivity contribution in [3.63, 3.8) is 0 Å². The number of hydrogen-bond acceptors (Lipinski definition) is 6. The van der Waals surface area contributed by atoms with Crippen molar-refractivity contribution >= 4 is 37.7 Å². The van der Waals surface area contributed by atoms with Gasteiger partial charge in [0.2, 0.25) is 5.75 Å². The summed E-state index contributed by atoms with van der Waals surface area (Å²) in [5.41, 5.74) is 3.06. The molecule has 0 aliphatic heterocycles. The quantitative estimate of drug-likeness (QED) is 0.165. The molecular weight excluding hydrogens is 599 g/mol. The van der Waals surface area contributed by atoms with Crippen molar-refractivity contribution < 1.29 is 14.1 Å². The van der Waals surface area contributed by atoms with Crippen LogP contribution in [0.2, 0.25) is 0 Å². The van der Waals surface area contributed by atoms with Crippen molar-refractivity contribution in [2.75, 3.05) is 0 Å². The fourth-order valence-electron chi connectivity index (χ4n) is 4.21. The van der Waals surface area contributed by atoms with Gasteiger partial charge in [-0.05, 0) is 86.2 Å². The van der Waals surface area contributed by atoms with Gasteiger partial charge in [-0.2, -0.15) is 5.10 Å². The van der Waals surface area contributed by atoms with E-state index < -0.39 is 22.7 Å². The van der Waals surface area contributed by atoms with E-state index in [0.29, 0.717) is 28.2 Å². The van der Waals surface area contributed by atoms with E-state index in [2.05, 4.69) is 46.9 Å². The number of pyridine rings is 1. The van der Waals surface area contributed by atoms with Crippen LogP contribution in [0.1, 0.15) is 55.2 Å². The van der Waals surface area contributed by atoms with E-state index in [1.54, 1.807) is 25.5 Å². The van der Waals surface area contributed by atoms with E-state index in [9.17, 15) is 14.5 Å². The van der Waals surface area contributed by atoms with E-state index >= 15 is 0 Å². The summed E-state index contributed by atoms with van der Waals surface area (Å²) >= 11 is 6.96. The Morgan fingerprint density at radius 3 is 2.78 bits per heavy atom. The van der Waals surface area contributed by atoms with Crippen LogP contribution in [-0.2, 0) is 6.42 Å². The van der Waals surface area contributed by atoms with E-state index in [0.717, 1.165) is 28.7 Å². The second-order valence-electron chi connectivity index (χ2n) is 8.62. The van der Waals surface area contributed by atoms with Crippen molar-refractivity contribution in [2.45, 2.75) is 44.8 Å². The van der Waals surface area contributed by atoms with Crippen LogP contribution in [0.5, 0.6) is 5.75 Å². The molecule has 5 rings (SSSR count). The Labute approximate surface area is 222 Å². The predicted molar refractivity (Wildman–Crippen MR) is 137 cm³/mol. The van der Waals surface area contributed by atoms with Crippen LogP contribution in [0, 0.1) is 15.9 Å². The highest BCUT2D eigenvalue weighted by Crippen LogP contribution is 2.36. The Morgan fingerprint density at radius 1 is 1.25 bits per heavy atom. The predicted octanol–water partition coefficient (Wildman–Crippen LogP) is 6.49. The third-order valence-electron chi connectivity index (χ3n) is 6.27. The SMILES string of the molecule is CC(Oc1cc(Br)cnc1[N+](=O)[O-])c1cc(F)ccc1-n1cncc1Cc1cnn(C2CCC2)c1Br. The molecule has 3 aromatic heterocycles. The van der Waals surface area contributed by atoms with Crippen molar-refractivity contribution in [3.05, 3.63) is 91.0 Å². The molecule has 12 heteroatoms. The number of ether oxygens (including phenoxy) is 1. The highest BCUT2D eigenvalue weighted by Gasteiger charge is 2.25. The smallest absolute Gasteiger partial charge is 0.406 e. The molecule has 1 saturated carbocycles. The molecule has 0 N–H and O–H groups in total. The second-order valence-corrected chi connectivity index (χ2v) is 10.3. The number of aromatic nitrogens is 5. The Bertz CT molecular complexity index is 1440. The molecule has 1 unspecified atom stereocenters. The second kappa shape index (κ2) is 10.1. The lowest BCUT2D eigenvalue weighted by Gasteiger charge is -2.26. The topological polar surface area (TPSA) is 101 Å². The van der Waals surface area contributed by atoms with E-state index in [1.165, 1.54) is 30.8 Å². The van der Waals surface area contributed by atoms with Crippen molar-refractivity contribution in [2.24, 2.45) is 0 Å². The van der Waals surface area contributed by atoms with Gasteiger partial charge >= 0.3 is 5.82 Å². The van der Waals surface area contributed by atoms with Gasteiger partial charge < -0.3 is 19.4 Å². The van der Waals surface area contributed by atoms with Crippen molar-refractivity contribution in [1.82, 2.24) is 24.3 Å². The van der Waals surface area contributed by atoms with Crippen molar-refractivity contribution in [3.8, 4) is 11.4 Å². The van der Waals surface area contributed by atoms with Gasteiger partial charge in [-0.15, -0.1) is 0 Å². The highest BCUT2D eigenvalue weighted by atomic mass is 79.9. The molecule has 3 heterocycles. The summed E-state index contributed by atoms with van der Waals surface area (Å²) in [6, 6.07) is 6.28. The van der Waals surface area contributed by atoms with Gasteiger partial charge in [0.25, 0.3) is 0 Å². The zero-order valence-corrected chi connectivity index (χ0v) is 22.3. The maximum absolute atomic E-state index is 14.4. The van der Waals surface area contributed by atoms with Gasteiger partial charge in [0.15, 0.2) is 6.20 Å². The van der Waals surface area contributed by atoms with Gasteiger partial charge in [-0.3, -0.25) is 4.68 Å². The summed E-state index contributed by atoms with van der Waals surface area (Å²) in [5, 5.41) is 16.0. The monoisotopic (exact) mass is 618 g/mol. The van der Waals surface area contributed by atoms with Crippen LogP contribution < -0.4 is 4.74 Å². The molecule has 1 aliphatic carbocycles. The molecule has 186 valence electrons. The first-order chi connectivity index (χ1) is 17.3. The Balaban J connectivity index is 1.47. The number of halogens is 3. The summed E-state index contributed by atoms with van der Waals surface area (Å²) in [6.07, 6.45) is 9.89. The van der Waals surface area contributed by atoms with E-state index in [1.807, 2.05) is 15.4 Å². The van der Waals surface area contributed by atoms with E-state index in [4.69, 9.17) is 4.74 Å². The molecule has 36 heavy (non-hydrogen) atoms. The average Bonchev–Trinajstić information content (AvgIpc) is 3.40. The van der Waals surface area contributed by atoms with Gasteiger partial charge in [-0.25, -0.2) is 9.37 Å². The van der Waals surface area contributed by atoms with Gasteiger partial charge in [0, 0.05) is 35.5 Å². The van der Waals surface area contributed by atoms with Crippen LogP contribution in [0.4, 0.5) is 10.2 Å². The minimum absolute atomic E-state index is 0.0183. The first-order valence-electron chi connectivity index (χ1n) is 11.3. The lowest BCUT2D eigenvalue weighted by Crippen LogP contribution is -2.18. The number of benzene rings is 1. The summed E-state index contributed by atoms with van der Waals surface area (Å²) in [7, 11) is 0. The minimum Gasteiger partial charge on any atom is -0.478 e. The number of rotatable bonds is 8. The summed E-state index contributed by atoms with van der Waals surface area (Å²) < 4.78 is 25.7. The first-order valence-corrected chi connectivity index (χ1v) is 12.9. The maximum Gasteiger partial charge on any atom is 0.406 e. The van der Waals surface area contributed by atoms with Crippen LogP contribution in [0.15, 0.2) is 58.3 Å². The first kappa shape index (κ1) is 24.6. The minimum atomic E-state index is -0.728. The molecule has 0 spiro atoms. The largest absolute Gasteiger partial charge is 0.478 e. The van der Waals surface area contributed by atoms with Gasteiger partial charge in [0.1, 0.15) is 16.5 Å². The number of hydrogen-bond donors (Lipinski definition) is 0. The molecular formula is C24H21Br2FN6O3. The third-order valence-corrected chi connectivity index (χ3v) is 7.58. The zero-order valence-electron chi connectivity index (χ0n) is 19.1. The standard InChI is InChI=1S/C24H21Br2FN6O3/c1-14(36-22-8-16(25)11-29-24(22)33(34)35)20-9-17(27)5-6-21(20)31-13-28-12-19(31)7-15-10-30-32(23(15)26)18-3-2-4-18/h5-6,8-14,18H,2-4,7H2,1H3. The molecule has 1 fully saturated rings. The lowest BCUT2D eigenvalue weighted by atomic mass is 9.93. The molecule has 0 amide bonds. The summed E-state index contributed by atoms with van der Waals surface area (Å²) in [6.45, 7) is 1.71. The fraction of sp³-hybridized carbons (Fsp3) is 0.292. The highest BCUT2D eigenvalue weighted by molar-refractivity contribution is 9.10. The van der Waals surface area contributed by atoms with Crippen molar-refractivity contribution in [1.29, 1.82) is 0 Å². The molecule has 1 aliphatic rings. The number of imidazole rings is 1. The molecule has 4 aromatic rings. The molecule has 9 nitrogen and oxygen atoms in total. The Kier molecular flexibility index (Phi) is 6.89. The Morgan fingerprint density at radius 2 is 2.06 bits per heavy atom. The number of nitrogens with zero attached hydrogens (tertiary/aromatic N) is 6. The molecule has 0 radical (unpaired) electrons. The number of nitro groups is 1. The average molecular weight is 620 g/mol. The maximum atomic E-state index is 14.4. The van der Waals surface area contributed by atoms with Gasteiger partial charge in [-0.1, -0.05) is 0 Å². The van der Waals surface area contributed by atoms with Gasteiger partial charge in [0.05, 0.1) is 28.7 Å². The normalized spacial score (nSPS) is 14.4. The molecule has 1 atom stereocenters. The fourth-order valence-corrected chi connectivity index (χ4v) is 5.15. The molecule has 1 aromatic carbocycles. The summed E-state index contributed by atoms with van der Waals surface area (Å²) in [5.74, 6) is -0.882.